The van der Waals surface area contributed by atoms with Crippen LogP contribution < -0.4 is 5.73 Å². The third kappa shape index (κ3) is 7.72. The molecule has 0 fully saturated rings. The van der Waals surface area contributed by atoms with Crippen LogP contribution >= 0.6 is 0 Å². The molecule has 0 aliphatic carbocycles. The average Bonchev–Trinajstić information content (AvgIpc) is 2.36. The minimum Gasteiger partial charge on any atom is -0.466 e. The Morgan fingerprint density at radius 1 is 1.10 bits per heavy atom. The topological polar surface area (TPSA) is 52.3 Å². The van der Waals surface area contributed by atoms with Crippen LogP contribution in [0.4, 0.5) is 13.2 Å². The van der Waals surface area contributed by atoms with Crippen LogP contribution in [0.5, 0.6) is 0 Å². The van der Waals surface area contributed by atoms with Crippen molar-refractivity contribution in [3.8, 4) is 0 Å². The van der Waals surface area contributed by atoms with E-state index in [2.05, 4.69) is 6.92 Å². The van der Waals surface area contributed by atoms with Crippen LogP contribution in [0.3, 0.4) is 0 Å². The van der Waals surface area contributed by atoms with E-state index in [1.54, 1.807) is 6.92 Å². The summed E-state index contributed by atoms with van der Waals surface area (Å²) in [4.78, 5) is 11.6. The quantitative estimate of drug-likeness (QED) is 0.493. The summed E-state index contributed by atoms with van der Waals surface area (Å²) in [5.41, 5.74) is 5.16. The molecule has 0 unspecified atom stereocenters. The number of ether oxygens (including phenoxy) is 1. The van der Waals surface area contributed by atoms with Gasteiger partial charge in [-0.15, -0.1) is 0 Å². The molecule has 0 heterocycles. The number of esters is 1. The Labute approximate surface area is 119 Å². The number of hydrogen-bond acceptors (Lipinski definition) is 3. The van der Waals surface area contributed by atoms with E-state index in [1.807, 2.05) is 0 Å². The van der Waals surface area contributed by atoms with Gasteiger partial charge in [0.25, 0.3) is 0 Å². The molecule has 2 N–H and O–H groups in total. The van der Waals surface area contributed by atoms with Gasteiger partial charge in [-0.25, -0.2) is 0 Å². The maximum absolute atomic E-state index is 12.6. The smallest absolute Gasteiger partial charge is 0.404 e. The summed E-state index contributed by atoms with van der Waals surface area (Å²) in [5.74, 6) is -2.13. The lowest BCUT2D eigenvalue weighted by Crippen LogP contribution is -2.47. The highest BCUT2D eigenvalue weighted by Crippen LogP contribution is 2.28. The zero-order valence-corrected chi connectivity index (χ0v) is 12.3. The zero-order valence-electron chi connectivity index (χ0n) is 12.3. The molecule has 0 rings (SSSR count). The predicted molar refractivity (Wildman–Crippen MR) is 72.1 cm³/mol. The molecule has 3 nitrogen and oxygen atoms in total. The molecule has 0 radical (unpaired) electrons. The first-order valence-electron chi connectivity index (χ1n) is 7.33. The number of hydrogen-bond donors (Lipinski definition) is 1. The Kier molecular flexibility index (Phi) is 9.63. The minimum atomic E-state index is -4.57. The maximum Gasteiger partial charge on any atom is 0.404 e. The first-order chi connectivity index (χ1) is 9.34. The van der Waals surface area contributed by atoms with E-state index in [-0.39, 0.29) is 13.0 Å². The first-order valence-corrected chi connectivity index (χ1v) is 7.33. The largest absolute Gasteiger partial charge is 0.466 e. The number of halogens is 3. The highest BCUT2D eigenvalue weighted by Gasteiger charge is 2.45. The molecule has 0 saturated heterocycles. The third-order valence-corrected chi connectivity index (χ3v) is 3.27. The van der Waals surface area contributed by atoms with Crippen molar-refractivity contribution in [3.05, 3.63) is 0 Å². The lowest BCUT2D eigenvalue weighted by atomic mass is 9.93. The van der Waals surface area contributed by atoms with E-state index in [4.69, 9.17) is 10.5 Å². The summed E-state index contributed by atoms with van der Waals surface area (Å²) in [6.45, 7) is 3.73. The Hall–Kier alpha value is -0.780. The third-order valence-electron chi connectivity index (χ3n) is 3.27. The second-order valence-electron chi connectivity index (χ2n) is 4.98. The number of unbranched alkanes of at least 4 members (excludes halogenated alkanes) is 5. The zero-order chi connectivity index (χ0) is 15.6. The van der Waals surface area contributed by atoms with Crippen molar-refractivity contribution in [2.45, 2.75) is 71.0 Å². The highest BCUT2D eigenvalue weighted by atomic mass is 19.4. The second-order valence-corrected chi connectivity index (χ2v) is 4.98. The van der Waals surface area contributed by atoms with Crippen LogP contribution in [0.15, 0.2) is 0 Å². The molecule has 0 amide bonds. The first kappa shape index (κ1) is 19.2. The SMILES string of the molecule is CCCCCCCC[C@@H](C(=O)OCC)[C@@H](N)C(F)(F)F. The molecule has 0 aliphatic rings. The average molecular weight is 297 g/mol. The highest BCUT2D eigenvalue weighted by molar-refractivity contribution is 5.73. The standard InChI is InChI=1S/C14H26F3NO2/c1-3-5-6-7-8-9-10-11(13(19)20-4-2)12(18)14(15,16)17/h11-12H,3-10,18H2,1-2H3/t11-,12-/m1/s1. The Bertz CT molecular complexity index is 270. The van der Waals surface area contributed by atoms with E-state index < -0.39 is 24.1 Å². The second kappa shape index (κ2) is 10.0. The Morgan fingerprint density at radius 2 is 1.65 bits per heavy atom. The van der Waals surface area contributed by atoms with Crippen molar-refractivity contribution in [1.29, 1.82) is 0 Å². The Balaban J connectivity index is 4.29. The molecule has 0 saturated carbocycles. The fraction of sp³-hybridized carbons (Fsp3) is 0.929. The molecule has 0 aromatic heterocycles. The number of rotatable bonds is 10. The van der Waals surface area contributed by atoms with Crippen molar-refractivity contribution in [2.24, 2.45) is 11.7 Å². The number of carbonyl (C=O) groups excluding carboxylic acids is 1. The van der Waals surface area contributed by atoms with Gasteiger partial charge in [0.05, 0.1) is 12.5 Å². The molecule has 0 aromatic carbocycles. The molecule has 2 atom stereocenters. The predicted octanol–water partition coefficient (Wildman–Crippen LogP) is 3.81. The summed E-state index contributed by atoms with van der Waals surface area (Å²) in [5, 5.41) is 0. The molecule has 0 aliphatic heterocycles. The van der Waals surface area contributed by atoms with E-state index >= 15 is 0 Å². The normalized spacial score (nSPS) is 14.9. The maximum atomic E-state index is 12.6. The van der Waals surface area contributed by atoms with Crippen LogP contribution in [-0.4, -0.2) is 24.8 Å². The van der Waals surface area contributed by atoms with Crippen LogP contribution in [0.1, 0.15) is 58.8 Å². The summed E-state index contributed by atoms with van der Waals surface area (Å²) in [7, 11) is 0. The van der Waals surface area contributed by atoms with Crippen molar-refractivity contribution in [1.82, 2.24) is 0 Å². The van der Waals surface area contributed by atoms with Gasteiger partial charge in [-0.2, -0.15) is 13.2 Å². The van der Waals surface area contributed by atoms with E-state index in [1.165, 1.54) is 0 Å². The van der Waals surface area contributed by atoms with Gasteiger partial charge in [0, 0.05) is 0 Å². The van der Waals surface area contributed by atoms with Crippen molar-refractivity contribution in [2.75, 3.05) is 6.61 Å². The summed E-state index contributed by atoms with van der Waals surface area (Å²) >= 11 is 0. The van der Waals surface area contributed by atoms with Gasteiger partial charge in [0.2, 0.25) is 0 Å². The molecule has 20 heavy (non-hydrogen) atoms. The molecule has 0 spiro atoms. The fourth-order valence-electron chi connectivity index (χ4n) is 2.07. The summed E-state index contributed by atoms with van der Waals surface area (Å²) in [6, 6.07) is -2.14. The molecule has 120 valence electrons. The van der Waals surface area contributed by atoms with Crippen LogP contribution in [-0.2, 0) is 9.53 Å². The van der Waals surface area contributed by atoms with Gasteiger partial charge >= 0.3 is 12.1 Å². The molecule has 6 heteroatoms. The summed E-state index contributed by atoms with van der Waals surface area (Å²) in [6.07, 6.45) is 1.24. The lowest BCUT2D eigenvalue weighted by Gasteiger charge is -2.24. The van der Waals surface area contributed by atoms with Crippen molar-refractivity contribution < 1.29 is 22.7 Å². The molecule has 0 bridgehead atoms. The number of alkyl halides is 3. The van der Waals surface area contributed by atoms with Crippen LogP contribution in [0, 0.1) is 5.92 Å². The van der Waals surface area contributed by atoms with Gasteiger partial charge in [-0.1, -0.05) is 45.4 Å². The van der Waals surface area contributed by atoms with Gasteiger partial charge in [-0.3, -0.25) is 4.79 Å². The lowest BCUT2D eigenvalue weighted by molar-refractivity contribution is -0.176. The Morgan fingerprint density at radius 3 is 2.15 bits per heavy atom. The fourth-order valence-corrected chi connectivity index (χ4v) is 2.07. The van der Waals surface area contributed by atoms with E-state index in [0.29, 0.717) is 6.42 Å². The van der Waals surface area contributed by atoms with Gasteiger partial charge in [-0.05, 0) is 13.3 Å². The van der Waals surface area contributed by atoms with Crippen LogP contribution in [0.25, 0.3) is 0 Å². The molecular weight excluding hydrogens is 271 g/mol. The van der Waals surface area contributed by atoms with Crippen LogP contribution in [0.2, 0.25) is 0 Å². The van der Waals surface area contributed by atoms with Gasteiger partial charge in [0.1, 0.15) is 6.04 Å². The molecular formula is C14H26F3NO2. The van der Waals surface area contributed by atoms with E-state index in [0.717, 1.165) is 32.1 Å². The number of carbonyl (C=O) groups is 1. The number of nitrogens with two attached hydrogens (primary N) is 1. The monoisotopic (exact) mass is 297 g/mol. The van der Waals surface area contributed by atoms with Gasteiger partial charge in [0.15, 0.2) is 0 Å². The van der Waals surface area contributed by atoms with Crippen molar-refractivity contribution >= 4 is 5.97 Å². The molecule has 0 aromatic rings. The van der Waals surface area contributed by atoms with Gasteiger partial charge < -0.3 is 10.5 Å². The van der Waals surface area contributed by atoms with E-state index in [9.17, 15) is 18.0 Å². The van der Waals surface area contributed by atoms with Crippen molar-refractivity contribution in [3.63, 3.8) is 0 Å². The summed E-state index contributed by atoms with van der Waals surface area (Å²) < 4.78 is 42.6. The minimum absolute atomic E-state index is 0.0659.